The third kappa shape index (κ3) is 2.49. The second-order valence-electron chi connectivity index (χ2n) is 4.47. The molecule has 6 heteroatoms. The predicted octanol–water partition coefficient (Wildman–Crippen LogP) is 1.56. The fourth-order valence-corrected chi connectivity index (χ4v) is 1.92. The van der Waals surface area contributed by atoms with Gasteiger partial charge in [-0.05, 0) is 12.1 Å². The van der Waals surface area contributed by atoms with Crippen LogP contribution >= 0.6 is 0 Å². The van der Waals surface area contributed by atoms with Gasteiger partial charge in [0.05, 0.1) is 30.3 Å². The van der Waals surface area contributed by atoms with Crippen molar-refractivity contribution in [3.05, 3.63) is 54.9 Å². The molecule has 0 saturated carbocycles. The standard InChI is InChI=1S/C14H13N5O/c1-18-7-11(6-17-18)14(20)9-19-8-13(16-10-19)12-4-2-3-5-15-12/h2-8,10H,9H2,1H3. The molecule has 3 aromatic rings. The molecule has 3 rings (SSSR count). The molecule has 3 heterocycles. The van der Waals surface area contributed by atoms with Gasteiger partial charge in [-0.2, -0.15) is 5.10 Å². The number of carbonyl (C=O) groups is 1. The Labute approximate surface area is 115 Å². The Kier molecular flexibility index (Phi) is 3.12. The fraction of sp³-hybridized carbons (Fsp3) is 0.143. The average Bonchev–Trinajstić information content (AvgIpc) is 3.09. The zero-order valence-corrected chi connectivity index (χ0v) is 11.0. The summed E-state index contributed by atoms with van der Waals surface area (Å²) in [5.41, 5.74) is 2.14. The van der Waals surface area contributed by atoms with E-state index in [1.54, 1.807) is 41.2 Å². The first-order chi connectivity index (χ1) is 9.72. The molecule has 20 heavy (non-hydrogen) atoms. The van der Waals surface area contributed by atoms with Crippen LogP contribution in [-0.4, -0.2) is 30.1 Å². The smallest absolute Gasteiger partial charge is 0.185 e. The van der Waals surface area contributed by atoms with Gasteiger partial charge < -0.3 is 4.57 Å². The van der Waals surface area contributed by atoms with Crippen LogP contribution in [0.4, 0.5) is 0 Å². The normalized spacial score (nSPS) is 10.7. The summed E-state index contributed by atoms with van der Waals surface area (Å²) in [6, 6.07) is 5.64. The molecule has 0 aliphatic heterocycles. The molecule has 0 bridgehead atoms. The summed E-state index contributed by atoms with van der Waals surface area (Å²) in [6.45, 7) is 0.242. The van der Waals surface area contributed by atoms with Crippen molar-refractivity contribution >= 4 is 5.78 Å². The third-order valence-corrected chi connectivity index (χ3v) is 2.91. The minimum atomic E-state index is 0.00284. The Balaban J connectivity index is 1.76. The van der Waals surface area contributed by atoms with Gasteiger partial charge in [-0.3, -0.25) is 14.5 Å². The van der Waals surface area contributed by atoms with Gasteiger partial charge in [0.25, 0.3) is 0 Å². The lowest BCUT2D eigenvalue weighted by molar-refractivity contribution is 0.0972. The summed E-state index contributed by atoms with van der Waals surface area (Å²) in [5.74, 6) is 0.00284. The monoisotopic (exact) mass is 267 g/mol. The topological polar surface area (TPSA) is 65.6 Å². The van der Waals surface area contributed by atoms with Gasteiger partial charge in [-0.1, -0.05) is 6.07 Å². The lowest BCUT2D eigenvalue weighted by atomic mass is 10.2. The minimum absolute atomic E-state index is 0.00284. The fourth-order valence-electron chi connectivity index (χ4n) is 1.92. The number of aryl methyl sites for hydroxylation is 1. The van der Waals surface area contributed by atoms with Gasteiger partial charge in [-0.25, -0.2) is 4.98 Å². The van der Waals surface area contributed by atoms with E-state index in [0.717, 1.165) is 11.4 Å². The first kappa shape index (κ1) is 12.3. The van der Waals surface area contributed by atoms with Crippen LogP contribution in [0.15, 0.2) is 49.3 Å². The van der Waals surface area contributed by atoms with Gasteiger partial charge in [-0.15, -0.1) is 0 Å². The van der Waals surface area contributed by atoms with Crippen LogP contribution in [0.5, 0.6) is 0 Å². The molecule has 100 valence electrons. The molecule has 6 nitrogen and oxygen atoms in total. The second-order valence-corrected chi connectivity index (χ2v) is 4.47. The predicted molar refractivity (Wildman–Crippen MR) is 73.0 cm³/mol. The molecule has 0 aliphatic carbocycles. The summed E-state index contributed by atoms with van der Waals surface area (Å²) in [5, 5.41) is 3.99. The van der Waals surface area contributed by atoms with Crippen molar-refractivity contribution in [2.24, 2.45) is 7.05 Å². The van der Waals surface area contributed by atoms with Crippen molar-refractivity contribution in [2.45, 2.75) is 6.54 Å². The summed E-state index contributed by atoms with van der Waals surface area (Å²) in [4.78, 5) is 20.6. The maximum atomic E-state index is 12.1. The maximum Gasteiger partial charge on any atom is 0.185 e. The van der Waals surface area contributed by atoms with Crippen LogP contribution in [-0.2, 0) is 13.6 Å². The molecule has 0 unspecified atom stereocenters. The summed E-state index contributed by atoms with van der Waals surface area (Å²) >= 11 is 0. The highest BCUT2D eigenvalue weighted by Crippen LogP contribution is 2.13. The largest absolute Gasteiger partial charge is 0.329 e. The summed E-state index contributed by atoms with van der Waals surface area (Å²) < 4.78 is 3.36. The second kappa shape index (κ2) is 5.08. The molecule has 0 spiro atoms. The lowest BCUT2D eigenvalue weighted by Crippen LogP contribution is -2.08. The van der Waals surface area contributed by atoms with Crippen molar-refractivity contribution in [1.82, 2.24) is 24.3 Å². The molecular weight excluding hydrogens is 254 g/mol. The average molecular weight is 267 g/mol. The van der Waals surface area contributed by atoms with E-state index < -0.39 is 0 Å². The number of imidazole rings is 1. The van der Waals surface area contributed by atoms with Gasteiger partial charge in [0, 0.05) is 25.6 Å². The summed E-state index contributed by atoms with van der Waals surface area (Å²) in [6.07, 6.45) is 8.45. The Morgan fingerprint density at radius 1 is 1.20 bits per heavy atom. The molecule has 0 amide bonds. The van der Waals surface area contributed by atoms with Crippen LogP contribution in [0.3, 0.4) is 0 Å². The van der Waals surface area contributed by atoms with E-state index in [4.69, 9.17) is 0 Å². The Morgan fingerprint density at radius 3 is 2.80 bits per heavy atom. The van der Waals surface area contributed by atoms with E-state index in [9.17, 15) is 4.79 Å². The van der Waals surface area contributed by atoms with Crippen LogP contribution < -0.4 is 0 Å². The number of hydrogen-bond donors (Lipinski definition) is 0. The van der Waals surface area contributed by atoms with E-state index in [1.165, 1.54) is 0 Å². The highest BCUT2D eigenvalue weighted by molar-refractivity contribution is 5.95. The zero-order valence-electron chi connectivity index (χ0n) is 11.0. The number of pyridine rings is 1. The van der Waals surface area contributed by atoms with E-state index in [2.05, 4.69) is 15.1 Å². The molecular formula is C14H13N5O. The first-order valence-electron chi connectivity index (χ1n) is 6.17. The van der Waals surface area contributed by atoms with Crippen LogP contribution in [0.1, 0.15) is 10.4 Å². The lowest BCUT2D eigenvalue weighted by Gasteiger charge is -1.98. The van der Waals surface area contributed by atoms with Crippen LogP contribution in [0.25, 0.3) is 11.4 Å². The number of nitrogens with zero attached hydrogens (tertiary/aromatic N) is 5. The van der Waals surface area contributed by atoms with Gasteiger partial charge in [0.2, 0.25) is 0 Å². The Morgan fingerprint density at radius 2 is 2.10 bits per heavy atom. The number of Topliss-reactive ketones (excluding diaryl/α,β-unsaturated/α-hetero) is 1. The van der Waals surface area contributed by atoms with Gasteiger partial charge >= 0.3 is 0 Å². The maximum absolute atomic E-state index is 12.1. The number of aromatic nitrogens is 5. The van der Waals surface area contributed by atoms with E-state index in [0.29, 0.717) is 5.56 Å². The van der Waals surface area contributed by atoms with Crippen molar-refractivity contribution < 1.29 is 4.79 Å². The van der Waals surface area contributed by atoms with Crippen LogP contribution in [0.2, 0.25) is 0 Å². The van der Waals surface area contributed by atoms with Gasteiger partial charge in [0.1, 0.15) is 5.69 Å². The highest BCUT2D eigenvalue weighted by Gasteiger charge is 2.10. The molecule has 0 N–H and O–H groups in total. The van der Waals surface area contributed by atoms with Crippen LogP contribution in [0, 0.1) is 0 Å². The first-order valence-corrected chi connectivity index (χ1v) is 6.17. The molecule has 0 aromatic carbocycles. The van der Waals surface area contributed by atoms with Crippen molar-refractivity contribution in [2.75, 3.05) is 0 Å². The molecule has 0 saturated heterocycles. The number of rotatable bonds is 4. The van der Waals surface area contributed by atoms with Crippen molar-refractivity contribution in [3.63, 3.8) is 0 Å². The molecule has 3 aromatic heterocycles. The van der Waals surface area contributed by atoms with E-state index in [-0.39, 0.29) is 12.3 Å². The van der Waals surface area contributed by atoms with Gasteiger partial charge in [0.15, 0.2) is 5.78 Å². The Hall–Kier alpha value is -2.76. The number of hydrogen-bond acceptors (Lipinski definition) is 4. The zero-order chi connectivity index (χ0) is 13.9. The quantitative estimate of drug-likeness (QED) is 0.673. The highest BCUT2D eigenvalue weighted by atomic mass is 16.1. The number of ketones is 1. The SMILES string of the molecule is Cn1cc(C(=O)Cn2cnc(-c3ccccn3)c2)cn1. The molecule has 0 radical (unpaired) electrons. The number of carbonyl (C=O) groups excluding carboxylic acids is 1. The third-order valence-electron chi connectivity index (χ3n) is 2.91. The van der Waals surface area contributed by atoms with Crippen molar-refractivity contribution in [1.29, 1.82) is 0 Å². The molecule has 0 atom stereocenters. The molecule has 0 aliphatic rings. The Bertz CT molecular complexity index is 729. The summed E-state index contributed by atoms with van der Waals surface area (Å²) in [7, 11) is 1.78. The van der Waals surface area contributed by atoms with E-state index >= 15 is 0 Å². The van der Waals surface area contributed by atoms with Crippen molar-refractivity contribution in [3.8, 4) is 11.4 Å². The van der Waals surface area contributed by atoms with E-state index in [1.807, 2.05) is 24.4 Å². The minimum Gasteiger partial charge on any atom is -0.329 e. The molecule has 0 fully saturated rings.